The molecule has 1 spiro atoms. The van der Waals surface area contributed by atoms with Crippen molar-refractivity contribution < 1.29 is 0 Å². The molecule has 0 aliphatic heterocycles. The Bertz CT molecular complexity index is 1460. The number of fused-ring (bicyclic) bond motifs is 12. The van der Waals surface area contributed by atoms with E-state index in [0.717, 1.165) is 4.47 Å². The lowest BCUT2D eigenvalue weighted by molar-refractivity contribution is 0.794. The van der Waals surface area contributed by atoms with Gasteiger partial charge in [0.2, 0.25) is 0 Å². The molecule has 0 heterocycles. The third-order valence-corrected chi connectivity index (χ3v) is 7.61. The summed E-state index contributed by atoms with van der Waals surface area (Å²) in [4.78, 5) is 0. The van der Waals surface area contributed by atoms with E-state index in [1.165, 1.54) is 55.3 Å². The van der Waals surface area contributed by atoms with E-state index >= 15 is 0 Å². The second-order valence-electron chi connectivity index (χ2n) is 8.21. The van der Waals surface area contributed by atoms with E-state index in [-0.39, 0.29) is 5.41 Å². The summed E-state index contributed by atoms with van der Waals surface area (Å²) in [6.07, 6.45) is 0. The van der Waals surface area contributed by atoms with E-state index in [2.05, 4.69) is 119 Å². The molecule has 0 unspecified atom stereocenters. The molecule has 0 fully saturated rings. The first-order chi connectivity index (χ1) is 14.8. The molecule has 0 bridgehead atoms. The minimum atomic E-state index is -0.272. The fourth-order valence-electron chi connectivity index (χ4n) is 5.91. The highest BCUT2D eigenvalue weighted by Gasteiger charge is 2.51. The largest absolute Gasteiger partial charge is 0.0726 e. The molecule has 0 saturated heterocycles. The molecular formula is C29H17Br. The number of halogens is 1. The van der Waals surface area contributed by atoms with E-state index in [1.54, 1.807) is 0 Å². The molecular weight excluding hydrogens is 428 g/mol. The Morgan fingerprint density at radius 2 is 0.933 bits per heavy atom. The Kier molecular flexibility index (Phi) is 3.16. The standard InChI is InChI=1S/C29H17Br/c30-27-17-26-28(21-12-2-1-11-20(21)27)22-13-5-8-16-25(22)29(26)23-14-6-3-9-18(23)19-10-4-7-15-24(19)29/h1-17H. The van der Waals surface area contributed by atoms with Gasteiger partial charge in [0.05, 0.1) is 5.41 Å². The molecule has 0 N–H and O–H groups in total. The first kappa shape index (κ1) is 16.6. The molecule has 0 atom stereocenters. The number of hydrogen-bond acceptors (Lipinski definition) is 0. The molecule has 2 aliphatic rings. The second-order valence-corrected chi connectivity index (χ2v) is 9.07. The third kappa shape index (κ3) is 1.79. The molecule has 1 heteroatoms. The van der Waals surface area contributed by atoms with Crippen LogP contribution in [0.3, 0.4) is 0 Å². The van der Waals surface area contributed by atoms with Gasteiger partial charge in [-0.25, -0.2) is 0 Å². The van der Waals surface area contributed by atoms with Crippen LogP contribution in [-0.2, 0) is 5.41 Å². The van der Waals surface area contributed by atoms with Crippen molar-refractivity contribution >= 4 is 26.7 Å². The van der Waals surface area contributed by atoms with Gasteiger partial charge in [-0.1, -0.05) is 113 Å². The van der Waals surface area contributed by atoms with Crippen molar-refractivity contribution in [1.29, 1.82) is 0 Å². The lowest BCUT2D eigenvalue weighted by Gasteiger charge is -2.30. The first-order valence-corrected chi connectivity index (χ1v) is 11.1. The molecule has 2 aliphatic carbocycles. The van der Waals surface area contributed by atoms with Gasteiger partial charge in [0, 0.05) is 4.47 Å². The molecule has 5 aromatic rings. The van der Waals surface area contributed by atoms with Crippen molar-refractivity contribution in [3.05, 3.63) is 130 Å². The van der Waals surface area contributed by atoms with Crippen molar-refractivity contribution in [3.63, 3.8) is 0 Å². The fraction of sp³-hybridized carbons (Fsp3) is 0.0345. The van der Waals surface area contributed by atoms with Crippen molar-refractivity contribution in [2.24, 2.45) is 0 Å². The van der Waals surface area contributed by atoms with E-state index in [4.69, 9.17) is 0 Å². The van der Waals surface area contributed by atoms with Crippen LogP contribution < -0.4 is 0 Å². The SMILES string of the molecule is Brc1cc2c(c3ccccc13)-c1ccccc1C21c2ccccc2-c2ccccc21. The fourth-order valence-corrected chi connectivity index (χ4v) is 6.48. The monoisotopic (exact) mass is 444 g/mol. The van der Waals surface area contributed by atoms with E-state index in [0.29, 0.717) is 0 Å². The van der Waals surface area contributed by atoms with E-state index in [9.17, 15) is 0 Å². The Morgan fingerprint density at radius 1 is 0.467 bits per heavy atom. The lowest BCUT2D eigenvalue weighted by atomic mass is 9.70. The molecule has 0 aromatic heterocycles. The summed E-state index contributed by atoms with van der Waals surface area (Å²) in [7, 11) is 0. The van der Waals surface area contributed by atoms with Crippen LogP contribution in [0.15, 0.2) is 108 Å². The number of rotatable bonds is 0. The Balaban J connectivity index is 1.77. The maximum Gasteiger partial charge on any atom is 0.0726 e. The zero-order valence-electron chi connectivity index (χ0n) is 16.2. The van der Waals surface area contributed by atoms with Crippen LogP contribution in [0.5, 0.6) is 0 Å². The first-order valence-electron chi connectivity index (χ1n) is 10.3. The summed E-state index contributed by atoms with van der Waals surface area (Å²) < 4.78 is 1.16. The molecule has 140 valence electrons. The molecule has 7 rings (SSSR count). The summed E-state index contributed by atoms with van der Waals surface area (Å²) in [5.41, 5.74) is 10.7. The minimum absolute atomic E-state index is 0.272. The van der Waals surface area contributed by atoms with Crippen molar-refractivity contribution in [3.8, 4) is 22.3 Å². The Hall–Kier alpha value is -3.16. The predicted molar refractivity (Wildman–Crippen MR) is 128 cm³/mol. The molecule has 30 heavy (non-hydrogen) atoms. The van der Waals surface area contributed by atoms with Gasteiger partial charge >= 0.3 is 0 Å². The molecule has 0 saturated carbocycles. The average molecular weight is 445 g/mol. The molecule has 0 nitrogen and oxygen atoms in total. The maximum atomic E-state index is 3.91. The lowest BCUT2D eigenvalue weighted by Crippen LogP contribution is -2.25. The summed E-state index contributed by atoms with van der Waals surface area (Å²) in [6, 6.07) is 38.0. The topological polar surface area (TPSA) is 0 Å². The zero-order chi connectivity index (χ0) is 19.9. The number of benzene rings is 5. The summed E-state index contributed by atoms with van der Waals surface area (Å²) in [5, 5.41) is 2.58. The van der Waals surface area contributed by atoms with Gasteiger partial charge in [0.1, 0.15) is 0 Å². The Labute approximate surface area is 184 Å². The maximum absolute atomic E-state index is 3.91. The second kappa shape index (κ2) is 5.71. The zero-order valence-corrected chi connectivity index (χ0v) is 17.8. The highest BCUT2D eigenvalue weighted by atomic mass is 79.9. The van der Waals surface area contributed by atoms with Gasteiger partial charge in [0.25, 0.3) is 0 Å². The van der Waals surface area contributed by atoms with Crippen LogP contribution in [0.4, 0.5) is 0 Å². The predicted octanol–water partition coefficient (Wildman–Crippen LogP) is 7.95. The highest BCUT2D eigenvalue weighted by Crippen LogP contribution is 2.64. The highest BCUT2D eigenvalue weighted by molar-refractivity contribution is 9.10. The van der Waals surface area contributed by atoms with Gasteiger partial charge in [-0.3, -0.25) is 0 Å². The molecule has 0 amide bonds. The van der Waals surface area contributed by atoms with Crippen molar-refractivity contribution in [2.75, 3.05) is 0 Å². The third-order valence-electron chi connectivity index (χ3n) is 6.95. The van der Waals surface area contributed by atoms with Crippen molar-refractivity contribution in [1.82, 2.24) is 0 Å². The van der Waals surface area contributed by atoms with Crippen LogP contribution in [0, 0.1) is 0 Å². The van der Waals surface area contributed by atoms with Crippen LogP contribution in [-0.4, -0.2) is 0 Å². The number of hydrogen-bond donors (Lipinski definition) is 0. The molecule has 0 radical (unpaired) electrons. The minimum Gasteiger partial charge on any atom is -0.0619 e. The van der Waals surface area contributed by atoms with Crippen LogP contribution in [0.1, 0.15) is 22.3 Å². The average Bonchev–Trinajstić information content (AvgIpc) is 3.27. The van der Waals surface area contributed by atoms with E-state index < -0.39 is 0 Å². The van der Waals surface area contributed by atoms with Gasteiger partial charge in [-0.05, 0) is 61.3 Å². The molecule has 5 aromatic carbocycles. The van der Waals surface area contributed by atoms with Gasteiger partial charge in [-0.2, -0.15) is 0 Å². The van der Waals surface area contributed by atoms with Crippen LogP contribution in [0.25, 0.3) is 33.0 Å². The summed E-state index contributed by atoms with van der Waals surface area (Å²) >= 11 is 3.91. The van der Waals surface area contributed by atoms with Crippen LogP contribution in [0.2, 0.25) is 0 Å². The van der Waals surface area contributed by atoms with Gasteiger partial charge in [-0.15, -0.1) is 0 Å². The normalized spacial score (nSPS) is 14.4. The van der Waals surface area contributed by atoms with Crippen molar-refractivity contribution in [2.45, 2.75) is 5.41 Å². The van der Waals surface area contributed by atoms with Gasteiger partial charge < -0.3 is 0 Å². The van der Waals surface area contributed by atoms with Crippen LogP contribution >= 0.6 is 15.9 Å². The van der Waals surface area contributed by atoms with Gasteiger partial charge in [0.15, 0.2) is 0 Å². The summed E-state index contributed by atoms with van der Waals surface area (Å²) in [6.45, 7) is 0. The smallest absolute Gasteiger partial charge is 0.0619 e. The van der Waals surface area contributed by atoms with E-state index in [1.807, 2.05) is 0 Å². The summed E-state index contributed by atoms with van der Waals surface area (Å²) in [5.74, 6) is 0. The quantitative estimate of drug-likeness (QED) is 0.222. The Morgan fingerprint density at radius 3 is 1.57 bits per heavy atom.